The van der Waals surface area contributed by atoms with Crippen molar-refractivity contribution in [3.05, 3.63) is 21.1 Å². The van der Waals surface area contributed by atoms with Crippen LogP contribution in [0.3, 0.4) is 0 Å². The Hall–Kier alpha value is -0.880. The second-order valence-corrected chi connectivity index (χ2v) is 5.23. The van der Waals surface area contributed by atoms with Gasteiger partial charge in [-0.3, -0.25) is 9.59 Å². The minimum Gasteiger partial charge on any atom is -0.397 e. The van der Waals surface area contributed by atoms with Crippen LogP contribution in [0.25, 0.3) is 0 Å². The molecule has 0 aliphatic carbocycles. The number of halogens is 2. The van der Waals surface area contributed by atoms with Crippen LogP contribution in [0.4, 0.5) is 11.4 Å². The minimum atomic E-state index is -0.203. The average Bonchev–Trinajstić information content (AvgIpc) is 2.51. The summed E-state index contributed by atoms with van der Waals surface area (Å²) in [4.78, 5) is 24.1. The number of hydrogen-bond donors (Lipinski definition) is 1. The Balaban J connectivity index is 2.45. The second kappa shape index (κ2) is 4.18. The van der Waals surface area contributed by atoms with Gasteiger partial charge in [0.15, 0.2) is 5.78 Å². The van der Waals surface area contributed by atoms with E-state index in [4.69, 9.17) is 5.73 Å². The smallest absolute Gasteiger partial charge is 0.234 e. The van der Waals surface area contributed by atoms with E-state index in [0.29, 0.717) is 11.4 Å². The van der Waals surface area contributed by atoms with E-state index in [1.165, 1.54) is 4.90 Å². The lowest BCUT2D eigenvalue weighted by molar-refractivity contribution is -0.121. The van der Waals surface area contributed by atoms with Gasteiger partial charge in [-0.1, -0.05) is 0 Å². The lowest BCUT2D eigenvalue weighted by atomic mass is 10.2. The van der Waals surface area contributed by atoms with E-state index in [9.17, 15) is 9.59 Å². The standard InChI is InChI=1S/C10H8Br2N2O2/c11-6-2-8(13)9(3-7(6)12)14-4-5(15)1-10(14)16/h2-3H,1,4,13H2. The molecule has 1 amide bonds. The third-order valence-electron chi connectivity index (χ3n) is 2.34. The number of nitrogens with zero attached hydrogens (tertiary/aromatic N) is 1. The van der Waals surface area contributed by atoms with E-state index < -0.39 is 0 Å². The van der Waals surface area contributed by atoms with Gasteiger partial charge in [-0.2, -0.15) is 0 Å². The number of nitrogen functional groups attached to an aromatic ring is 1. The highest BCUT2D eigenvalue weighted by Crippen LogP contribution is 2.34. The van der Waals surface area contributed by atoms with E-state index in [1.54, 1.807) is 12.1 Å². The van der Waals surface area contributed by atoms with Gasteiger partial charge in [0.25, 0.3) is 0 Å². The van der Waals surface area contributed by atoms with Crippen LogP contribution in [-0.2, 0) is 9.59 Å². The Kier molecular flexibility index (Phi) is 3.03. The predicted molar refractivity (Wildman–Crippen MR) is 68.2 cm³/mol. The van der Waals surface area contributed by atoms with Crippen LogP contribution >= 0.6 is 31.9 Å². The minimum absolute atomic E-state index is 0.0346. The van der Waals surface area contributed by atoms with E-state index in [2.05, 4.69) is 31.9 Å². The summed E-state index contributed by atoms with van der Waals surface area (Å²) in [6.45, 7) is 0.108. The zero-order valence-electron chi connectivity index (χ0n) is 8.17. The van der Waals surface area contributed by atoms with E-state index in [1.807, 2.05) is 0 Å². The van der Waals surface area contributed by atoms with Crippen molar-refractivity contribution in [1.29, 1.82) is 0 Å². The van der Waals surface area contributed by atoms with Crippen molar-refractivity contribution in [2.24, 2.45) is 0 Å². The number of carbonyl (C=O) groups excluding carboxylic acids is 2. The molecule has 1 aromatic carbocycles. The van der Waals surface area contributed by atoms with Gasteiger partial charge >= 0.3 is 0 Å². The monoisotopic (exact) mass is 346 g/mol. The van der Waals surface area contributed by atoms with E-state index >= 15 is 0 Å². The molecule has 16 heavy (non-hydrogen) atoms. The number of Topliss-reactive ketones (excluding diaryl/α,β-unsaturated/α-hetero) is 1. The predicted octanol–water partition coefficient (Wildman–Crippen LogP) is 2.10. The molecule has 1 heterocycles. The quantitative estimate of drug-likeness (QED) is 0.625. The summed E-state index contributed by atoms with van der Waals surface area (Å²) in [6, 6.07) is 3.44. The van der Waals surface area contributed by atoms with Crippen LogP contribution in [0.2, 0.25) is 0 Å². The number of hydrogen-bond acceptors (Lipinski definition) is 3. The first kappa shape index (κ1) is 11.6. The number of carbonyl (C=O) groups is 2. The number of nitrogens with two attached hydrogens (primary N) is 1. The Morgan fingerprint density at radius 1 is 1.19 bits per heavy atom. The Bertz CT molecular complexity index is 488. The third-order valence-corrected chi connectivity index (χ3v) is 4.19. The van der Waals surface area contributed by atoms with Crippen LogP contribution < -0.4 is 10.6 Å². The highest BCUT2D eigenvalue weighted by molar-refractivity contribution is 9.13. The molecule has 2 rings (SSSR count). The van der Waals surface area contributed by atoms with Crippen LogP contribution in [0.5, 0.6) is 0 Å². The first-order valence-electron chi connectivity index (χ1n) is 4.55. The summed E-state index contributed by atoms with van der Waals surface area (Å²) in [5, 5.41) is 0. The Morgan fingerprint density at radius 2 is 1.81 bits per heavy atom. The largest absolute Gasteiger partial charge is 0.397 e. The fourth-order valence-electron chi connectivity index (χ4n) is 1.59. The third kappa shape index (κ3) is 1.99. The molecule has 2 N–H and O–H groups in total. The van der Waals surface area contributed by atoms with E-state index in [0.717, 1.165) is 8.95 Å². The number of rotatable bonds is 1. The Labute approximate surface area is 109 Å². The van der Waals surface area contributed by atoms with Gasteiger partial charge < -0.3 is 10.6 Å². The lowest BCUT2D eigenvalue weighted by Crippen LogP contribution is -2.25. The van der Waals surface area contributed by atoms with Gasteiger partial charge in [-0.25, -0.2) is 0 Å². The van der Waals surface area contributed by atoms with Gasteiger partial charge in [0.05, 0.1) is 24.3 Å². The summed E-state index contributed by atoms with van der Waals surface area (Å²) < 4.78 is 1.61. The molecule has 1 saturated heterocycles. The van der Waals surface area contributed by atoms with Gasteiger partial charge in [0, 0.05) is 8.95 Å². The average molecular weight is 348 g/mol. The topological polar surface area (TPSA) is 63.4 Å². The second-order valence-electron chi connectivity index (χ2n) is 3.52. The molecule has 4 nitrogen and oxygen atoms in total. The molecule has 1 fully saturated rings. The first-order chi connectivity index (χ1) is 7.49. The molecular formula is C10H8Br2N2O2. The number of amides is 1. The van der Waals surface area contributed by atoms with Crippen molar-refractivity contribution in [2.45, 2.75) is 6.42 Å². The summed E-state index contributed by atoms with van der Waals surface area (Å²) in [5.41, 5.74) is 6.87. The van der Waals surface area contributed by atoms with Crippen molar-refractivity contribution in [3.63, 3.8) is 0 Å². The lowest BCUT2D eigenvalue weighted by Gasteiger charge is -2.17. The van der Waals surface area contributed by atoms with Gasteiger partial charge in [0.2, 0.25) is 5.91 Å². The maximum absolute atomic E-state index is 11.6. The number of anilines is 2. The van der Waals surface area contributed by atoms with Crippen LogP contribution in [-0.4, -0.2) is 18.2 Å². The molecule has 0 bridgehead atoms. The zero-order chi connectivity index (χ0) is 11.9. The fraction of sp³-hybridized carbons (Fsp3) is 0.200. The number of benzene rings is 1. The molecule has 0 unspecified atom stereocenters. The van der Waals surface area contributed by atoms with E-state index in [-0.39, 0.29) is 24.7 Å². The first-order valence-corrected chi connectivity index (χ1v) is 6.14. The summed E-state index contributed by atoms with van der Waals surface area (Å²) in [5.74, 6) is -0.283. The van der Waals surface area contributed by atoms with Crippen molar-refractivity contribution < 1.29 is 9.59 Å². The molecule has 1 aromatic rings. The van der Waals surface area contributed by atoms with Crippen LogP contribution in [0.1, 0.15) is 6.42 Å². The van der Waals surface area contributed by atoms with Crippen molar-refractivity contribution in [3.8, 4) is 0 Å². The molecular weight excluding hydrogens is 340 g/mol. The Morgan fingerprint density at radius 3 is 2.38 bits per heavy atom. The zero-order valence-corrected chi connectivity index (χ0v) is 11.3. The molecule has 0 radical (unpaired) electrons. The highest BCUT2D eigenvalue weighted by atomic mass is 79.9. The summed E-state index contributed by atoms with van der Waals surface area (Å²) >= 11 is 6.66. The molecule has 0 atom stereocenters. The van der Waals surface area contributed by atoms with Crippen LogP contribution in [0, 0.1) is 0 Å². The summed E-state index contributed by atoms with van der Waals surface area (Å²) in [6.07, 6.45) is -0.0346. The molecule has 0 saturated carbocycles. The highest BCUT2D eigenvalue weighted by Gasteiger charge is 2.30. The van der Waals surface area contributed by atoms with Crippen LogP contribution in [0.15, 0.2) is 21.1 Å². The molecule has 0 aromatic heterocycles. The molecule has 0 spiro atoms. The fourth-order valence-corrected chi connectivity index (χ4v) is 2.28. The van der Waals surface area contributed by atoms with Crippen molar-refractivity contribution in [2.75, 3.05) is 17.2 Å². The summed E-state index contributed by atoms with van der Waals surface area (Å²) in [7, 11) is 0. The van der Waals surface area contributed by atoms with Crippen molar-refractivity contribution in [1.82, 2.24) is 0 Å². The van der Waals surface area contributed by atoms with Crippen molar-refractivity contribution >= 4 is 54.9 Å². The van der Waals surface area contributed by atoms with Gasteiger partial charge in [0.1, 0.15) is 0 Å². The molecule has 1 aliphatic rings. The van der Waals surface area contributed by atoms with Gasteiger partial charge in [-0.15, -0.1) is 0 Å². The molecule has 1 aliphatic heterocycles. The SMILES string of the molecule is Nc1cc(Br)c(Br)cc1N1CC(=O)CC1=O. The molecule has 6 heteroatoms. The molecule has 84 valence electrons. The van der Waals surface area contributed by atoms with Gasteiger partial charge in [-0.05, 0) is 44.0 Å². The maximum Gasteiger partial charge on any atom is 0.234 e. The maximum atomic E-state index is 11.6. The normalized spacial score (nSPS) is 16.0. The number of ketones is 1.